The minimum absolute atomic E-state index is 0.169. The van der Waals surface area contributed by atoms with Gasteiger partial charge in [-0.15, -0.1) is 0 Å². The molecular weight excluding hydrogens is 190 g/mol. The van der Waals surface area contributed by atoms with E-state index in [1.807, 2.05) is 41.7 Å². The zero-order valence-electron chi connectivity index (χ0n) is 11.0. The Labute approximate surface area is 94.4 Å². The van der Waals surface area contributed by atoms with Gasteiger partial charge in [0.25, 0.3) is 0 Å². The Morgan fingerprint density at radius 1 is 1.27 bits per heavy atom. The first kappa shape index (κ1) is 14.9. The summed E-state index contributed by atoms with van der Waals surface area (Å²) >= 11 is 0. The lowest BCUT2D eigenvalue weighted by molar-refractivity contribution is -0.0408. The molecule has 0 aliphatic carbocycles. The van der Waals surface area contributed by atoms with Gasteiger partial charge in [0.2, 0.25) is 0 Å². The molecule has 0 bridgehead atoms. The molecule has 0 aromatic heterocycles. The van der Waals surface area contributed by atoms with E-state index in [1.165, 1.54) is 0 Å². The third-order valence-electron chi connectivity index (χ3n) is 2.60. The molecule has 0 radical (unpaired) electrons. The normalized spacial score (nSPS) is 28.8. The highest BCUT2D eigenvalue weighted by Crippen LogP contribution is 2.22. The molecule has 3 heteroatoms. The number of aliphatic hydroxyl groups excluding tert-OH is 1. The highest BCUT2D eigenvalue weighted by molar-refractivity contribution is 4.89. The third kappa shape index (κ3) is 4.49. The van der Waals surface area contributed by atoms with Crippen LogP contribution in [-0.2, 0) is 4.74 Å². The maximum atomic E-state index is 9.58. The summed E-state index contributed by atoms with van der Waals surface area (Å²) < 4.78 is 5.75. The number of rotatable bonds is 3. The molecule has 0 spiro atoms. The minimum Gasteiger partial charge on any atom is -0.392 e. The SMILES string of the molecule is CC.CC(C)O[C@H]1CCN(C)[C@@H]1[C@H](C)O. The van der Waals surface area contributed by atoms with Gasteiger partial charge in [0, 0.05) is 6.54 Å². The zero-order chi connectivity index (χ0) is 12.0. The minimum atomic E-state index is -0.309. The Kier molecular flexibility index (Phi) is 7.14. The van der Waals surface area contributed by atoms with E-state index in [0.717, 1.165) is 13.0 Å². The van der Waals surface area contributed by atoms with Crippen molar-refractivity contribution >= 4 is 0 Å². The lowest BCUT2D eigenvalue weighted by Crippen LogP contribution is -2.43. The van der Waals surface area contributed by atoms with Crippen LogP contribution < -0.4 is 0 Å². The maximum absolute atomic E-state index is 9.58. The molecule has 0 unspecified atom stereocenters. The number of likely N-dealkylation sites (N-methyl/N-ethyl adjacent to an activating group) is 1. The summed E-state index contributed by atoms with van der Waals surface area (Å²) in [6, 6.07) is 0.169. The largest absolute Gasteiger partial charge is 0.392 e. The van der Waals surface area contributed by atoms with Crippen LogP contribution in [0.2, 0.25) is 0 Å². The molecule has 3 atom stereocenters. The van der Waals surface area contributed by atoms with Crippen LogP contribution in [0.3, 0.4) is 0 Å². The van der Waals surface area contributed by atoms with Crippen LogP contribution in [0.15, 0.2) is 0 Å². The summed E-state index contributed by atoms with van der Waals surface area (Å²) in [5.74, 6) is 0. The molecular formula is C12H27NO2. The van der Waals surface area contributed by atoms with Crippen LogP contribution in [0.25, 0.3) is 0 Å². The quantitative estimate of drug-likeness (QED) is 0.783. The summed E-state index contributed by atoms with van der Waals surface area (Å²) in [4.78, 5) is 2.18. The number of ether oxygens (including phenoxy) is 1. The van der Waals surface area contributed by atoms with Gasteiger partial charge in [0.05, 0.1) is 24.4 Å². The average Bonchev–Trinajstić information content (AvgIpc) is 2.49. The summed E-state index contributed by atoms with van der Waals surface area (Å²) in [5.41, 5.74) is 0. The molecule has 92 valence electrons. The van der Waals surface area contributed by atoms with Crippen molar-refractivity contribution in [3.05, 3.63) is 0 Å². The monoisotopic (exact) mass is 217 g/mol. The Balaban J connectivity index is 0.000000921. The van der Waals surface area contributed by atoms with Gasteiger partial charge in [-0.3, -0.25) is 4.90 Å². The maximum Gasteiger partial charge on any atom is 0.0770 e. The molecule has 0 aromatic carbocycles. The fraction of sp³-hybridized carbons (Fsp3) is 1.00. The second kappa shape index (κ2) is 7.20. The van der Waals surface area contributed by atoms with Crippen LogP contribution in [0, 0.1) is 0 Å². The van der Waals surface area contributed by atoms with Crippen LogP contribution >= 0.6 is 0 Å². The molecule has 1 fully saturated rings. The predicted octanol–water partition coefficient (Wildman–Crippen LogP) is 1.89. The predicted molar refractivity (Wildman–Crippen MR) is 64.1 cm³/mol. The first-order valence-corrected chi connectivity index (χ1v) is 6.06. The molecule has 1 aliphatic heterocycles. The lowest BCUT2D eigenvalue weighted by atomic mass is 10.1. The Bertz CT molecular complexity index is 160. The van der Waals surface area contributed by atoms with E-state index in [9.17, 15) is 5.11 Å². The van der Waals surface area contributed by atoms with Crippen molar-refractivity contribution in [1.82, 2.24) is 4.90 Å². The van der Waals surface area contributed by atoms with E-state index >= 15 is 0 Å². The van der Waals surface area contributed by atoms with E-state index < -0.39 is 0 Å². The number of aliphatic hydroxyl groups is 1. The van der Waals surface area contributed by atoms with Gasteiger partial charge in [-0.2, -0.15) is 0 Å². The van der Waals surface area contributed by atoms with Gasteiger partial charge in [-0.05, 0) is 34.2 Å². The molecule has 15 heavy (non-hydrogen) atoms. The second-order valence-electron chi connectivity index (χ2n) is 4.22. The van der Waals surface area contributed by atoms with Crippen molar-refractivity contribution < 1.29 is 9.84 Å². The van der Waals surface area contributed by atoms with Crippen molar-refractivity contribution in [3.63, 3.8) is 0 Å². The van der Waals surface area contributed by atoms with Gasteiger partial charge < -0.3 is 9.84 Å². The Hall–Kier alpha value is -0.120. The zero-order valence-corrected chi connectivity index (χ0v) is 11.0. The van der Waals surface area contributed by atoms with Gasteiger partial charge in [-0.1, -0.05) is 13.8 Å². The van der Waals surface area contributed by atoms with E-state index in [-0.39, 0.29) is 24.4 Å². The van der Waals surface area contributed by atoms with Crippen LogP contribution in [-0.4, -0.2) is 48.0 Å². The second-order valence-corrected chi connectivity index (χ2v) is 4.22. The average molecular weight is 217 g/mol. The van der Waals surface area contributed by atoms with E-state index in [1.54, 1.807) is 0 Å². The summed E-state index contributed by atoms with van der Waals surface area (Å²) in [6.07, 6.45) is 1.17. The molecule has 1 N–H and O–H groups in total. The fourth-order valence-corrected chi connectivity index (χ4v) is 2.11. The highest BCUT2D eigenvalue weighted by atomic mass is 16.5. The van der Waals surface area contributed by atoms with Crippen LogP contribution in [0.4, 0.5) is 0 Å². The number of nitrogens with zero attached hydrogens (tertiary/aromatic N) is 1. The van der Waals surface area contributed by atoms with Crippen molar-refractivity contribution in [1.29, 1.82) is 0 Å². The van der Waals surface area contributed by atoms with Gasteiger partial charge in [-0.25, -0.2) is 0 Å². The van der Waals surface area contributed by atoms with Gasteiger partial charge >= 0.3 is 0 Å². The molecule has 1 saturated heterocycles. The Morgan fingerprint density at radius 2 is 1.80 bits per heavy atom. The smallest absolute Gasteiger partial charge is 0.0770 e. The molecule has 1 aliphatic rings. The standard InChI is InChI=1S/C10H21NO2.C2H6/c1-7(2)13-9-5-6-11(4)10(9)8(3)12;1-2/h7-10,12H,5-6H2,1-4H3;1-2H3/t8-,9-,10+;/m0./s1. The van der Waals surface area contributed by atoms with E-state index in [4.69, 9.17) is 4.74 Å². The number of hydrogen-bond acceptors (Lipinski definition) is 3. The van der Waals surface area contributed by atoms with Crippen LogP contribution in [0.1, 0.15) is 41.0 Å². The number of hydrogen-bond donors (Lipinski definition) is 1. The molecule has 1 heterocycles. The molecule has 3 nitrogen and oxygen atoms in total. The van der Waals surface area contributed by atoms with Crippen molar-refractivity contribution in [3.8, 4) is 0 Å². The topological polar surface area (TPSA) is 32.7 Å². The molecule has 0 aromatic rings. The van der Waals surface area contributed by atoms with E-state index in [0.29, 0.717) is 0 Å². The third-order valence-corrected chi connectivity index (χ3v) is 2.60. The number of likely N-dealkylation sites (tertiary alicyclic amines) is 1. The molecule has 1 rings (SSSR count). The molecule has 0 saturated carbocycles. The Morgan fingerprint density at radius 3 is 2.20 bits per heavy atom. The fourth-order valence-electron chi connectivity index (χ4n) is 2.11. The van der Waals surface area contributed by atoms with E-state index in [2.05, 4.69) is 4.90 Å². The van der Waals surface area contributed by atoms with Crippen molar-refractivity contribution in [2.75, 3.05) is 13.6 Å². The summed E-state index contributed by atoms with van der Waals surface area (Å²) in [7, 11) is 2.04. The molecule has 0 amide bonds. The van der Waals surface area contributed by atoms with Gasteiger partial charge in [0.1, 0.15) is 0 Å². The lowest BCUT2D eigenvalue weighted by Gasteiger charge is -2.28. The van der Waals surface area contributed by atoms with Crippen molar-refractivity contribution in [2.24, 2.45) is 0 Å². The highest BCUT2D eigenvalue weighted by Gasteiger charge is 2.36. The van der Waals surface area contributed by atoms with Gasteiger partial charge in [0.15, 0.2) is 0 Å². The summed E-state index contributed by atoms with van der Waals surface area (Å²) in [6.45, 7) is 10.9. The first-order chi connectivity index (χ1) is 7.02. The first-order valence-electron chi connectivity index (χ1n) is 6.06. The van der Waals surface area contributed by atoms with Crippen LogP contribution in [0.5, 0.6) is 0 Å². The summed E-state index contributed by atoms with van der Waals surface area (Å²) in [5, 5.41) is 9.58. The van der Waals surface area contributed by atoms with Crippen molar-refractivity contribution in [2.45, 2.75) is 65.4 Å².